The van der Waals surface area contributed by atoms with Crippen molar-refractivity contribution in [3.05, 3.63) is 32.8 Å². The zero-order chi connectivity index (χ0) is 16.2. The monoisotopic (exact) mass is 313 g/mol. The molecular weight excluding hydrogens is 294 g/mol. The molecule has 0 aliphatic carbocycles. The molecule has 0 heterocycles. The minimum atomic E-state index is -0.535. The van der Waals surface area contributed by atoms with Gasteiger partial charge in [0, 0.05) is 30.8 Å². The number of nitrogens with zero attached hydrogens (tertiary/aromatic N) is 2. The third-order valence-corrected chi connectivity index (χ3v) is 3.39. The first-order chi connectivity index (χ1) is 9.83. The van der Waals surface area contributed by atoms with Crippen LogP contribution in [0.25, 0.3) is 0 Å². The zero-order valence-electron chi connectivity index (χ0n) is 12.6. The van der Waals surface area contributed by atoms with E-state index in [0.29, 0.717) is 13.1 Å². The molecule has 0 saturated heterocycles. The van der Waals surface area contributed by atoms with E-state index in [1.807, 2.05) is 27.7 Å². The Labute approximate surface area is 129 Å². The van der Waals surface area contributed by atoms with E-state index >= 15 is 0 Å². The van der Waals surface area contributed by atoms with Crippen LogP contribution < -0.4 is 5.32 Å². The molecule has 1 rings (SSSR count). The smallest absolute Gasteiger partial charge is 0.294 e. The molecule has 7 heteroatoms. The van der Waals surface area contributed by atoms with Crippen molar-refractivity contribution in [1.82, 2.24) is 4.90 Å². The maximum atomic E-state index is 12.4. The summed E-state index contributed by atoms with van der Waals surface area (Å²) < 4.78 is 0. The van der Waals surface area contributed by atoms with Crippen LogP contribution in [0, 0.1) is 10.1 Å². The number of hydrogen-bond donors (Lipinski definition) is 1. The van der Waals surface area contributed by atoms with Crippen LogP contribution in [0.3, 0.4) is 0 Å². The van der Waals surface area contributed by atoms with E-state index in [9.17, 15) is 14.9 Å². The van der Waals surface area contributed by atoms with Crippen molar-refractivity contribution < 1.29 is 9.72 Å². The van der Waals surface area contributed by atoms with Crippen LogP contribution in [0.5, 0.6) is 0 Å². The summed E-state index contributed by atoms with van der Waals surface area (Å²) in [5, 5.41) is 14.2. The van der Waals surface area contributed by atoms with Gasteiger partial charge in [0.15, 0.2) is 0 Å². The normalized spacial score (nSPS) is 10.6. The Morgan fingerprint density at radius 1 is 1.43 bits per heavy atom. The molecule has 0 aliphatic heterocycles. The van der Waals surface area contributed by atoms with Crippen LogP contribution in [0.4, 0.5) is 11.4 Å². The first-order valence-corrected chi connectivity index (χ1v) is 7.24. The Hall–Kier alpha value is -1.82. The van der Waals surface area contributed by atoms with Crippen LogP contribution in [-0.2, 0) is 0 Å². The summed E-state index contributed by atoms with van der Waals surface area (Å²) in [5.74, 6) is -0.263. The van der Waals surface area contributed by atoms with Crippen molar-refractivity contribution in [1.29, 1.82) is 0 Å². The average Bonchev–Trinajstić information content (AvgIpc) is 2.40. The maximum Gasteiger partial charge on any atom is 0.294 e. The number of hydrogen-bond acceptors (Lipinski definition) is 4. The number of halogens is 1. The van der Waals surface area contributed by atoms with Gasteiger partial charge in [0.2, 0.25) is 0 Å². The number of rotatable bonds is 6. The first kappa shape index (κ1) is 17.2. The van der Waals surface area contributed by atoms with Gasteiger partial charge < -0.3 is 10.2 Å². The number of carbonyl (C=O) groups is 1. The highest BCUT2D eigenvalue weighted by Gasteiger charge is 2.24. The molecule has 0 saturated carbocycles. The van der Waals surface area contributed by atoms with Crippen molar-refractivity contribution in [2.75, 3.05) is 18.4 Å². The summed E-state index contributed by atoms with van der Waals surface area (Å²) in [6.45, 7) is 8.49. The Kier molecular flexibility index (Phi) is 5.96. The van der Waals surface area contributed by atoms with Gasteiger partial charge in [-0.1, -0.05) is 11.6 Å². The molecule has 21 heavy (non-hydrogen) atoms. The fraction of sp³-hybridized carbons (Fsp3) is 0.500. The third-order valence-electron chi connectivity index (χ3n) is 3.09. The standard InChI is InChI=1S/C14H20ClN3O3/c1-5-16-13-11(15)7-10(8-12(13)18(20)21)14(19)17(6-2)9(3)4/h7-9,16H,5-6H2,1-4H3. The number of carbonyl (C=O) groups excluding carboxylic acids is 1. The quantitative estimate of drug-likeness (QED) is 0.643. The lowest BCUT2D eigenvalue weighted by molar-refractivity contribution is -0.384. The van der Waals surface area contributed by atoms with Crippen LogP contribution in [-0.4, -0.2) is 34.9 Å². The SMILES string of the molecule is CCNc1c(Cl)cc(C(=O)N(CC)C(C)C)cc1[N+](=O)[O-]. The van der Waals surface area contributed by atoms with Crippen molar-refractivity contribution in [2.45, 2.75) is 33.7 Å². The summed E-state index contributed by atoms with van der Waals surface area (Å²) in [4.78, 5) is 24.7. The number of nitro benzene ring substituents is 1. The largest absolute Gasteiger partial charge is 0.379 e. The van der Waals surface area contributed by atoms with Gasteiger partial charge in [0.05, 0.1) is 9.95 Å². The van der Waals surface area contributed by atoms with Gasteiger partial charge in [-0.2, -0.15) is 0 Å². The number of nitrogens with one attached hydrogen (secondary N) is 1. The molecule has 0 aliphatic rings. The lowest BCUT2D eigenvalue weighted by Gasteiger charge is -2.25. The van der Waals surface area contributed by atoms with Crippen molar-refractivity contribution in [2.24, 2.45) is 0 Å². The van der Waals surface area contributed by atoms with E-state index in [4.69, 9.17) is 11.6 Å². The van der Waals surface area contributed by atoms with Gasteiger partial charge in [-0.15, -0.1) is 0 Å². The third kappa shape index (κ3) is 3.85. The summed E-state index contributed by atoms with van der Waals surface area (Å²) in [6, 6.07) is 2.76. The Morgan fingerprint density at radius 2 is 2.05 bits per heavy atom. The number of amides is 1. The second-order valence-corrected chi connectivity index (χ2v) is 5.23. The predicted octanol–water partition coefficient (Wildman–Crippen LogP) is 3.55. The minimum absolute atomic E-state index is 0.00812. The van der Waals surface area contributed by atoms with Crippen molar-refractivity contribution in [3.63, 3.8) is 0 Å². The van der Waals surface area contributed by atoms with Gasteiger partial charge in [0.1, 0.15) is 5.69 Å². The molecule has 0 fully saturated rings. The first-order valence-electron chi connectivity index (χ1n) is 6.86. The molecule has 0 atom stereocenters. The summed E-state index contributed by atoms with van der Waals surface area (Å²) in [6.07, 6.45) is 0. The summed E-state index contributed by atoms with van der Waals surface area (Å²) in [5.41, 5.74) is 0.282. The van der Waals surface area contributed by atoms with Crippen LogP contribution in [0.15, 0.2) is 12.1 Å². The number of anilines is 1. The fourth-order valence-electron chi connectivity index (χ4n) is 2.12. The molecule has 1 aromatic rings. The van der Waals surface area contributed by atoms with Gasteiger partial charge >= 0.3 is 0 Å². The molecule has 1 N–H and O–H groups in total. The number of nitro groups is 1. The van der Waals surface area contributed by atoms with E-state index in [1.54, 1.807) is 4.90 Å². The average molecular weight is 314 g/mol. The van der Waals surface area contributed by atoms with Gasteiger partial charge in [0.25, 0.3) is 11.6 Å². The molecule has 0 aromatic heterocycles. The molecule has 6 nitrogen and oxygen atoms in total. The summed E-state index contributed by atoms with van der Waals surface area (Å²) in [7, 11) is 0. The van der Waals surface area contributed by atoms with Gasteiger partial charge in [-0.3, -0.25) is 14.9 Å². The highest BCUT2D eigenvalue weighted by molar-refractivity contribution is 6.34. The molecule has 116 valence electrons. The van der Waals surface area contributed by atoms with Gasteiger partial charge in [-0.05, 0) is 33.8 Å². The molecule has 0 unspecified atom stereocenters. The Bertz CT molecular complexity index is 547. The van der Waals surface area contributed by atoms with Crippen LogP contribution >= 0.6 is 11.6 Å². The molecule has 1 aromatic carbocycles. The predicted molar refractivity (Wildman–Crippen MR) is 84.1 cm³/mol. The highest BCUT2D eigenvalue weighted by Crippen LogP contribution is 2.34. The second-order valence-electron chi connectivity index (χ2n) is 4.82. The van der Waals surface area contributed by atoms with Crippen molar-refractivity contribution in [3.8, 4) is 0 Å². The van der Waals surface area contributed by atoms with E-state index in [0.717, 1.165) is 0 Å². The molecule has 0 radical (unpaired) electrons. The fourth-order valence-corrected chi connectivity index (χ4v) is 2.40. The van der Waals surface area contributed by atoms with E-state index in [-0.39, 0.29) is 33.9 Å². The molecular formula is C14H20ClN3O3. The van der Waals surface area contributed by atoms with Gasteiger partial charge in [-0.25, -0.2) is 0 Å². The highest BCUT2D eigenvalue weighted by atomic mass is 35.5. The Morgan fingerprint density at radius 3 is 2.48 bits per heavy atom. The van der Waals surface area contributed by atoms with Crippen molar-refractivity contribution >= 4 is 28.9 Å². The Balaban J connectivity index is 3.33. The second kappa shape index (κ2) is 7.26. The maximum absolute atomic E-state index is 12.4. The molecule has 1 amide bonds. The minimum Gasteiger partial charge on any atom is -0.379 e. The van der Waals surface area contributed by atoms with E-state index < -0.39 is 4.92 Å². The lowest BCUT2D eigenvalue weighted by atomic mass is 10.1. The lowest BCUT2D eigenvalue weighted by Crippen LogP contribution is -2.36. The molecule has 0 bridgehead atoms. The van der Waals surface area contributed by atoms with E-state index in [2.05, 4.69) is 5.32 Å². The van der Waals surface area contributed by atoms with Crippen LogP contribution in [0.1, 0.15) is 38.1 Å². The molecule has 0 spiro atoms. The topological polar surface area (TPSA) is 75.5 Å². The number of benzene rings is 1. The summed E-state index contributed by atoms with van der Waals surface area (Å²) >= 11 is 6.09. The van der Waals surface area contributed by atoms with E-state index in [1.165, 1.54) is 12.1 Å². The zero-order valence-corrected chi connectivity index (χ0v) is 13.4. The van der Waals surface area contributed by atoms with Crippen LogP contribution in [0.2, 0.25) is 5.02 Å².